The van der Waals surface area contributed by atoms with E-state index in [1.807, 2.05) is 38.5 Å². The molecule has 1 atom stereocenters. The summed E-state index contributed by atoms with van der Waals surface area (Å²) in [5, 5.41) is 4.35. The van der Waals surface area contributed by atoms with E-state index >= 15 is 0 Å². The second kappa shape index (κ2) is 4.42. The molecule has 5 nitrogen and oxygen atoms in total. The number of pyridine rings is 1. The molecule has 0 amide bonds. The second-order valence-electron chi connectivity index (χ2n) is 3.75. The summed E-state index contributed by atoms with van der Waals surface area (Å²) in [5.41, 5.74) is 5.87. The summed E-state index contributed by atoms with van der Waals surface area (Å²) >= 11 is 0. The summed E-state index contributed by atoms with van der Waals surface area (Å²) < 4.78 is 1.76. The van der Waals surface area contributed by atoms with Crippen LogP contribution < -0.4 is 11.3 Å². The predicted octanol–water partition coefficient (Wildman–Crippen LogP) is 0.676. The molecule has 0 aliphatic carbocycles. The fourth-order valence-electron chi connectivity index (χ4n) is 1.73. The number of nitrogens with one attached hydrogen (secondary N) is 1. The van der Waals surface area contributed by atoms with Gasteiger partial charge in [0.1, 0.15) is 0 Å². The Morgan fingerprint density at radius 1 is 1.44 bits per heavy atom. The van der Waals surface area contributed by atoms with Crippen molar-refractivity contribution in [2.75, 3.05) is 0 Å². The first kappa shape index (κ1) is 10.8. The number of hydrogen-bond donors (Lipinski definition) is 2. The third-order valence-electron chi connectivity index (χ3n) is 2.57. The number of hydrogen-bond acceptors (Lipinski definition) is 4. The Labute approximate surface area is 94.3 Å². The molecular formula is C11H15N5. The minimum Gasteiger partial charge on any atom is -0.275 e. The van der Waals surface area contributed by atoms with E-state index in [2.05, 4.69) is 15.5 Å². The van der Waals surface area contributed by atoms with Crippen molar-refractivity contribution >= 4 is 0 Å². The lowest BCUT2D eigenvalue weighted by molar-refractivity contribution is 0.600. The maximum atomic E-state index is 5.60. The van der Waals surface area contributed by atoms with Crippen LogP contribution in [0, 0.1) is 6.92 Å². The van der Waals surface area contributed by atoms with Gasteiger partial charge in [0.15, 0.2) is 0 Å². The molecule has 0 spiro atoms. The third kappa shape index (κ3) is 1.95. The third-order valence-corrected chi connectivity index (χ3v) is 2.57. The molecule has 2 rings (SSSR count). The largest absolute Gasteiger partial charge is 0.275 e. The minimum absolute atomic E-state index is 0.0933. The van der Waals surface area contributed by atoms with Gasteiger partial charge in [-0.15, -0.1) is 0 Å². The minimum atomic E-state index is -0.0933. The molecule has 0 aliphatic rings. The van der Waals surface area contributed by atoms with Crippen LogP contribution in [0.2, 0.25) is 0 Å². The van der Waals surface area contributed by atoms with Crippen molar-refractivity contribution in [3.63, 3.8) is 0 Å². The number of rotatable bonds is 3. The summed E-state index contributed by atoms with van der Waals surface area (Å²) in [7, 11) is 1.89. The lowest BCUT2D eigenvalue weighted by atomic mass is 10.0. The van der Waals surface area contributed by atoms with Crippen LogP contribution in [-0.4, -0.2) is 14.8 Å². The van der Waals surface area contributed by atoms with Crippen molar-refractivity contribution in [1.29, 1.82) is 0 Å². The highest BCUT2D eigenvalue weighted by Crippen LogP contribution is 2.21. The van der Waals surface area contributed by atoms with Gasteiger partial charge in [-0.05, 0) is 30.2 Å². The van der Waals surface area contributed by atoms with Gasteiger partial charge in [-0.25, -0.2) is 5.43 Å². The van der Waals surface area contributed by atoms with Gasteiger partial charge in [0, 0.05) is 25.6 Å². The van der Waals surface area contributed by atoms with Crippen molar-refractivity contribution < 1.29 is 0 Å². The molecule has 0 aromatic carbocycles. The Hall–Kier alpha value is -1.72. The zero-order valence-electron chi connectivity index (χ0n) is 9.38. The van der Waals surface area contributed by atoms with E-state index in [-0.39, 0.29) is 6.04 Å². The Morgan fingerprint density at radius 2 is 2.25 bits per heavy atom. The lowest BCUT2D eigenvalue weighted by Crippen LogP contribution is -2.29. The molecule has 0 bridgehead atoms. The molecule has 2 aromatic heterocycles. The van der Waals surface area contributed by atoms with Gasteiger partial charge in [0.05, 0.1) is 11.7 Å². The molecule has 0 radical (unpaired) electrons. The van der Waals surface area contributed by atoms with E-state index in [0.717, 1.165) is 16.8 Å². The molecule has 0 saturated heterocycles. The maximum absolute atomic E-state index is 5.60. The Balaban J connectivity index is 2.40. The highest BCUT2D eigenvalue weighted by molar-refractivity contribution is 5.31. The van der Waals surface area contributed by atoms with Crippen LogP contribution >= 0.6 is 0 Å². The number of hydrazine groups is 1. The summed E-state index contributed by atoms with van der Waals surface area (Å²) in [5.74, 6) is 5.60. The Bertz CT molecular complexity index is 477. The highest BCUT2D eigenvalue weighted by Gasteiger charge is 2.16. The highest BCUT2D eigenvalue weighted by atomic mass is 15.3. The van der Waals surface area contributed by atoms with Gasteiger partial charge in [0.2, 0.25) is 0 Å². The maximum Gasteiger partial charge on any atom is 0.0903 e. The smallest absolute Gasteiger partial charge is 0.0903 e. The average Bonchev–Trinajstić information content (AvgIpc) is 2.69. The molecule has 3 N–H and O–H groups in total. The molecule has 0 aliphatic heterocycles. The van der Waals surface area contributed by atoms with Crippen LogP contribution in [0.15, 0.2) is 30.7 Å². The molecule has 0 fully saturated rings. The SMILES string of the molecule is Cc1cnccc1C(NN)c1ccn(C)n1. The summed E-state index contributed by atoms with van der Waals surface area (Å²) in [6, 6.07) is 3.81. The van der Waals surface area contributed by atoms with Crippen LogP contribution in [0.3, 0.4) is 0 Å². The van der Waals surface area contributed by atoms with E-state index in [0.29, 0.717) is 0 Å². The van der Waals surface area contributed by atoms with Crippen LogP contribution in [0.5, 0.6) is 0 Å². The standard InChI is InChI=1S/C11H15N5/c1-8-7-13-5-3-9(8)11(14-12)10-4-6-16(2)15-10/h3-7,11,14H,12H2,1-2H3. The van der Waals surface area contributed by atoms with Crippen molar-refractivity contribution in [3.8, 4) is 0 Å². The Morgan fingerprint density at radius 3 is 2.81 bits per heavy atom. The first-order valence-electron chi connectivity index (χ1n) is 5.08. The number of nitrogens with two attached hydrogens (primary N) is 1. The summed E-state index contributed by atoms with van der Waals surface area (Å²) in [6.45, 7) is 2.01. The average molecular weight is 217 g/mol. The van der Waals surface area contributed by atoms with Gasteiger partial charge in [-0.1, -0.05) is 0 Å². The summed E-state index contributed by atoms with van der Waals surface area (Å²) in [4.78, 5) is 4.07. The molecular weight excluding hydrogens is 202 g/mol. The first-order chi connectivity index (χ1) is 7.72. The van der Waals surface area contributed by atoms with E-state index in [4.69, 9.17) is 5.84 Å². The lowest BCUT2D eigenvalue weighted by Gasteiger charge is -2.15. The topological polar surface area (TPSA) is 68.8 Å². The molecule has 2 heterocycles. The van der Waals surface area contributed by atoms with Gasteiger partial charge in [0.25, 0.3) is 0 Å². The predicted molar refractivity (Wildman–Crippen MR) is 61.3 cm³/mol. The molecule has 84 valence electrons. The number of aromatic nitrogens is 3. The van der Waals surface area contributed by atoms with E-state index < -0.39 is 0 Å². The van der Waals surface area contributed by atoms with Crippen molar-refractivity contribution in [1.82, 2.24) is 20.2 Å². The zero-order chi connectivity index (χ0) is 11.5. The van der Waals surface area contributed by atoms with Crippen LogP contribution in [-0.2, 0) is 7.05 Å². The summed E-state index contributed by atoms with van der Waals surface area (Å²) in [6.07, 6.45) is 5.48. The van der Waals surface area contributed by atoms with Gasteiger partial charge < -0.3 is 0 Å². The van der Waals surface area contributed by atoms with Crippen molar-refractivity contribution in [2.24, 2.45) is 12.9 Å². The number of nitrogens with zero attached hydrogens (tertiary/aromatic N) is 3. The van der Waals surface area contributed by atoms with Crippen molar-refractivity contribution in [2.45, 2.75) is 13.0 Å². The Kier molecular flexibility index (Phi) is 2.98. The normalized spacial score (nSPS) is 12.7. The second-order valence-corrected chi connectivity index (χ2v) is 3.75. The van der Waals surface area contributed by atoms with E-state index in [9.17, 15) is 0 Å². The van der Waals surface area contributed by atoms with Crippen LogP contribution in [0.25, 0.3) is 0 Å². The monoisotopic (exact) mass is 217 g/mol. The first-order valence-corrected chi connectivity index (χ1v) is 5.08. The van der Waals surface area contributed by atoms with Gasteiger partial charge in [-0.3, -0.25) is 15.5 Å². The van der Waals surface area contributed by atoms with Gasteiger partial charge in [-0.2, -0.15) is 5.10 Å². The van der Waals surface area contributed by atoms with E-state index in [1.165, 1.54) is 0 Å². The molecule has 1 unspecified atom stereocenters. The van der Waals surface area contributed by atoms with E-state index in [1.54, 1.807) is 10.9 Å². The molecule has 2 aromatic rings. The molecule has 5 heteroatoms. The quantitative estimate of drug-likeness (QED) is 0.586. The van der Waals surface area contributed by atoms with Crippen LogP contribution in [0.4, 0.5) is 0 Å². The zero-order valence-corrected chi connectivity index (χ0v) is 9.38. The number of aryl methyl sites for hydroxylation is 2. The van der Waals surface area contributed by atoms with Crippen LogP contribution in [0.1, 0.15) is 22.9 Å². The fraction of sp³-hybridized carbons (Fsp3) is 0.273. The molecule has 0 saturated carbocycles. The van der Waals surface area contributed by atoms with Gasteiger partial charge >= 0.3 is 0 Å². The van der Waals surface area contributed by atoms with Crippen molar-refractivity contribution in [3.05, 3.63) is 47.5 Å². The molecule has 16 heavy (non-hydrogen) atoms. The fourth-order valence-corrected chi connectivity index (χ4v) is 1.73.